The molecule has 0 aliphatic rings. The molecule has 12 heavy (non-hydrogen) atoms. The predicted octanol–water partition coefficient (Wildman–Crippen LogP) is 3.56. The van der Waals surface area contributed by atoms with Crippen LogP contribution in [0.3, 0.4) is 0 Å². The van der Waals surface area contributed by atoms with E-state index in [0.717, 1.165) is 19.2 Å². The molecule has 0 aromatic heterocycles. The van der Waals surface area contributed by atoms with Gasteiger partial charge in [-0.25, -0.2) is 0 Å². The second kappa shape index (κ2) is 3.87. The Morgan fingerprint density at radius 3 is 2.50 bits per heavy atom. The molecule has 1 nitrogen and oxygen atoms in total. The first-order valence-electron chi connectivity index (χ1n) is 3.49. The number of rotatable bonds is 1. The molecule has 0 amide bonds. The summed E-state index contributed by atoms with van der Waals surface area (Å²) in [7, 11) is 0. The Morgan fingerprint density at radius 2 is 2.08 bits per heavy atom. The SMILES string of the molecule is CC(=O)c1cc(C)c(I)c(Br)c1. The van der Waals surface area contributed by atoms with Crippen LogP contribution in [0, 0.1) is 10.5 Å². The highest BCUT2D eigenvalue weighted by molar-refractivity contribution is 14.1. The Labute approximate surface area is 93.8 Å². The fourth-order valence-corrected chi connectivity index (χ4v) is 1.80. The number of carbonyl (C=O) groups is 1. The van der Waals surface area contributed by atoms with Crippen molar-refractivity contribution in [2.75, 3.05) is 0 Å². The highest BCUT2D eigenvalue weighted by Crippen LogP contribution is 2.24. The van der Waals surface area contributed by atoms with Crippen molar-refractivity contribution in [2.45, 2.75) is 13.8 Å². The fraction of sp³-hybridized carbons (Fsp3) is 0.222. The Kier molecular flexibility index (Phi) is 3.29. The van der Waals surface area contributed by atoms with Crippen molar-refractivity contribution in [3.63, 3.8) is 0 Å². The van der Waals surface area contributed by atoms with Crippen molar-refractivity contribution in [3.05, 3.63) is 31.3 Å². The van der Waals surface area contributed by atoms with E-state index in [9.17, 15) is 4.79 Å². The third-order valence-electron chi connectivity index (χ3n) is 1.62. The number of hydrogen-bond donors (Lipinski definition) is 0. The molecule has 0 unspecified atom stereocenters. The van der Waals surface area contributed by atoms with E-state index in [4.69, 9.17) is 0 Å². The maximum atomic E-state index is 11.0. The third-order valence-corrected chi connectivity index (χ3v) is 4.42. The van der Waals surface area contributed by atoms with E-state index in [1.54, 1.807) is 6.92 Å². The van der Waals surface area contributed by atoms with E-state index in [1.807, 2.05) is 19.1 Å². The predicted molar refractivity (Wildman–Crippen MR) is 61.6 cm³/mol. The molecule has 0 saturated carbocycles. The molecular weight excluding hydrogens is 331 g/mol. The van der Waals surface area contributed by atoms with Crippen molar-refractivity contribution < 1.29 is 4.79 Å². The number of ketones is 1. The minimum absolute atomic E-state index is 0.107. The zero-order chi connectivity index (χ0) is 9.30. The first-order valence-corrected chi connectivity index (χ1v) is 5.36. The van der Waals surface area contributed by atoms with Gasteiger partial charge in [-0.15, -0.1) is 0 Å². The Morgan fingerprint density at radius 1 is 1.50 bits per heavy atom. The monoisotopic (exact) mass is 338 g/mol. The van der Waals surface area contributed by atoms with Gasteiger partial charge in [-0.3, -0.25) is 4.79 Å². The van der Waals surface area contributed by atoms with Crippen molar-refractivity contribution in [3.8, 4) is 0 Å². The van der Waals surface area contributed by atoms with E-state index in [1.165, 1.54) is 0 Å². The highest BCUT2D eigenvalue weighted by Gasteiger charge is 2.05. The van der Waals surface area contributed by atoms with Crippen LogP contribution in [0.1, 0.15) is 22.8 Å². The summed E-state index contributed by atoms with van der Waals surface area (Å²) in [5.74, 6) is 0.107. The van der Waals surface area contributed by atoms with Crippen LogP contribution < -0.4 is 0 Å². The van der Waals surface area contributed by atoms with Crippen molar-refractivity contribution in [2.24, 2.45) is 0 Å². The lowest BCUT2D eigenvalue weighted by Crippen LogP contribution is -1.94. The molecule has 0 radical (unpaired) electrons. The fourth-order valence-electron chi connectivity index (χ4n) is 0.930. The molecular formula is C9H8BrIO. The normalized spacial score (nSPS) is 10.0. The Bertz CT molecular complexity index is 310. The lowest BCUT2D eigenvalue weighted by Gasteiger charge is -2.03. The van der Waals surface area contributed by atoms with Gasteiger partial charge in [0.15, 0.2) is 5.78 Å². The van der Waals surface area contributed by atoms with Gasteiger partial charge < -0.3 is 0 Å². The van der Waals surface area contributed by atoms with Crippen LogP contribution in [-0.2, 0) is 0 Å². The molecule has 0 fully saturated rings. The number of aryl methyl sites for hydroxylation is 1. The molecule has 0 bridgehead atoms. The summed E-state index contributed by atoms with van der Waals surface area (Å²) in [6.07, 6.45) is 0. The van der Waals surface area contributed by atoms with Crippen molar-refractivity contribution >= 4 is 44.3 Å². The van der Waals surface area contributed by atoms with Crippen LogP contribution in [0.5, 0.6) is 0 Å². The lowest BCUT2D eigenvalue weighted by atomic mass is 10.1. The molecule has 0 spiro atoms. The first-order chi connectivity index (χ1) is 5.52. The quantitative estimate of drug-likeness (QED) is 0.565. The average Bonchev–Trinajstić information content (AvgIpc) is 1.99. The number of Topliss-reactive ketones (excluding diaryl/α,β-unsaturated/α-hetero) is 1. The van der Waals surface area contributed by atoms with Gasteiger partial charge >= 0.3 is 0 Å². The molecule has 0 saturated heterocycles. The van der Waals surface area contributed by atoms with Gasteiger partial charge in [0.05, 0.1) is 0 Å². The lowest BCUT2D eigenvalue weighted by molar-refractivity contribution is 0.101. The highest BCUT2D eigenvalue weighted by atomic mass is 127. The molecule has 64 valence electrons. The summed E-state index contributed by atoms with van der Waals surface area (Å²) in [6.45, 7) is 3.58. The number of hydrogen-bond acceptors (Lipinski definition) is 1. The van der Waals surface area contributed by atoms with Gasteiger partial charge in [-0.1, -0.05) is 0 Å². The maximum absolute atomic E-state index is 11.0. The minimum atomic E-state index is 0.107. The molecule has 0 aliphatic heterocycles. The van der Waals surface area contributed by atoms with Crippen LogP contribution in [0.25, 0.3) is 0 Å². The second-order valence-electron chi connectivity index (χ2n) is 2.65. The molecule has 0 N–H and O–H groups in total. The van der Waals surface area contributed by atoms with Gasteiger partial charge in [0.25, 0.3) is 0 Å². The molecule has 3 heteroatoms. The zero-order valence-electron chi connectivity index (χ0n) is 6.82. The third kappa shape index (κ3) is 2.07. The summed E-state index contributed by atoms with van der Waals surface area (Å²) >= 11 is 5.66. The topological polar surface area (TPSA) is 17.1 Å². The summed E-state index contributed by atoms with van der Waals surface area (Å²) in [4.78, 5) is 11.0. The zero-order valence-corrected chi connectivity index (χ0v) is 10.6. The molecule has 0 heterocycles. The van der Waals surface area contributed by atoms with Crippen LogP contribution in [-0.4, -0.2) is 5.78 Å². The molecule has 0 atom stereocenters. The van der Waals surface area contributed by atoms with Crippen LogP contribution in [0.2, 0.25) is 0 Å². The standard InChI is InChI=1S/C9H8BrIO/c1-5-3-7(6(2)12)4-8(10)9(5)11/h3-4H,1-2H3. The summed E-state index contributed by atoms with van der Waals surface area (Å²) in [5.41, 5.74) is 1.90. The summed E-state index contributed by atoms with van der Waals surface area (Å²) in [6, 6.07) is 3.77. The van der Waals surface area contributed by atoms with Crippen LogP contribution in [0.15, 0.2) is 16.6 Å². The Balaban J connectivity index is 3.31. The number of halogens is 2. The van der Waals surface area contributed by atoms with E-state index in [0.29, 0.717) is 0 Å². The van der Waals surface area contributed by atoms with Crippen LogP contribution in [0.4, 0.5) is 0 Å². The van der Waals surface area contributed by atoms with Crippen LogP contribution >= 0.6 is 38.5 Å². The molecule has 0 aliphatic carbocycles. The largest absolute Gasteiger partial charge is 0.295 e. The summed E-state index contributed by atoms with van der Waals surface area (Å²) in [5, 5.41) is 0. The van der Waals surface area contributed by atoms with Crippen molar-refractivity contribution in [1.29, 1.82) is 0 Å². The Hall–Kier alpha value is 0.1000. The molecule has 1 aromatic carbocycles. The smallest absolute Gasteiger partial charge is 0.159 e. The van der Waals surface area contributed by atoms with Gasteiger partial charge in [-0.05, 0) is 70.1 Å². The van der Waals surface area contributed by atoms with Gasteiger partial charge in [-0.2, -0.15) is 0 Å². The van der Waals surface area contributed by atoms with Gasteiger partial charge in [0.1, 0.15) is 0 Å². The maximum Gasteiger partial charge on any atom is 0.159 e. The van der Waals surface area contributed by atoms with Crippen molar-refractivity contribution in [1.82, 2.24) is 0 Å². The first kappa shape index (κ1) is 10.2. The second-order valence-corrected chi connectivity index (χ2v) is 4.58. The number of benzene rings is 1. The van der Waals surface area contributed by atoms with Gasteiger partial charge in [0, 0.05) is 13.6 Å². The van der Waals surface area contributed by atoms with Gasteiger partial charge in [0.2, 0.25) is 0 Å². The minimum Gasteiger partial charge on any atom is -0.295 e. The van der Waals surface area contributed by atoms with E-state index in [-0.39, 0.29) is 5.78 Å². The van der Waals surface area contributed by atoms with E-state index < -0.39 is 0 Å². The number of carbonyl (C=O) groups excluding carboxylic acids is 1. The summed E-state index contributed by atoms with van der Waals surface area (Å²) < 4.78 is 2.16. The average molecular weight is 339 g/mol. The molecule has 1 aromatic rings. The molecule has 1 rings (SSSR count). The van der Waals surface area contributed by atoms with E-state index in [2.05, 4.69) is 38.5 Å². The van der Waals surface area contributed by atoms with E-state index >= 15 is 0 Å².